The van der Waals surface area contributed by atoms with E-state index in [4.69, 9.17) is 0 Å². The standard InChI is InChI=1S/C71H145N5O2/c1-6-10-14-18-22-26-31-37-43-49-55-72(56-50-44-38-32-27-23-19-15-11-7-2)60-62-74(59-53-47-40-34-29-25-21-17-13-9-4)63-65-76-68-66-75(67-69-76)64-61-73(57-51-45-39-33-28-24-20-16-12-8-3)58-52-46-41-35-30-36-42-48-54-70(5)71(77)78/h70H,6-69H2,1-5H3,(H,77,78). The van der Waals surface area contributed by atoms with Gasteiger partial charge in [0, 0.05) is 65.4 Å². The van der Waals surface area contributed by atoms with Gasteiger partial charge in [0.25, 0.3) is 0 Å². The van der Waals surface area contributed by atoms with Crippen molar-refractivity contribution in [3.8, 4) is 0 Å². The first-order valence-electron chi connectivity index (χ1n) is 36.3. The highest BCUT2D eigenvalue weighted by atomic mass is 16.4. The van der Waals surface area contributed by atoms with Crippen molar-refractivity contribution in [2.45, 2.75) is 349 Å². The van der Waals surface area contributed by atoms with Gasteiger partial charge in [0.15, 0.2) is 0 Å². The molecule has 466 valence electrons. The van der Waals surface area contributed by atoms with Crippen molar-refractivity contribution in [2.75, 3.05) is 98.2 Å². The van der Waals surface area contributed by atoms with Crippen molar-refractivity contribution in [1.82, 2.24) is 24.5 Å². The Kier molecular flexibility index (Phi) is 58.7. The topological polar surface area (TPSA) is 53.5 Å². The molecule has 78 heavy (non-hydrogen) atoms. The van der Waals surface area contributed by atoms with Gasteiger partial charge in [-0.3, -0.25) is 14.6 Å². The summed E-state index contributed by atoms with van der Waals surface area (Å²) in [5, 5.41) is 9.18. The first kappa shape index (κ1) is 75.3. The van der Waals surface area contributed by atoms with Gasteiger partial charge in [0.05, 0.1) is 5.92 Å². The second kappa shape index (κ2) is 60.8. The fraction of sp³-hybridized carbons (Fsp3) is 0.986. The summed E-state index contributed by atoms with van der Waals surface area (Å²) in [7, 11) is 0. The number of hydrogen-bond acceptors (Lipinski definition) is 6. The Bertz CT molecular complexity index is 1140. The predicted octanol–water partition coefficient (Wildman–Crippen LogP) is 20.4. The molecule has 0 amide bonds. The summed E-state index contributed by atoms with van der Waals surface area (Å²) in [6.07, 6.45) is 68.1. The SMILES string of the molecule is CCCCCCCCCCCCN(CCCCCCCCCCCC)CCN(CCCCCCCCCCCC)CCN1CCN(CCN(CCCCCCCCCCCC)CCCCCCCCCCC(C)C(=O)O)CC1. The molecule has 0 aromatic rings. The number of carboxylic acid groups (broad SMARTS) is 1. The number of carbonyl (C=O) groups is 1. The molecule has 0 aliphatic carbocycles. The average molecular weight is 1100 g/mol. The molecule has 1 fully saturated rings. The van der Waals surface area contributed by atoms with Crippen LogP contribution in [0.15, 0.2) is 0 Å². The molecule has 1 N–H and O–H groups in total. The van der Waals surface area contributed by atoms with Gasteiger partial charge in [-0.2, -0.15) is 0 Å². The van der Waals surface area contributed by atoms with Crippen LogP contribution in [0.1, 0.15) is 349 Å². The zero-order valence-corrected chi connectivity index (χ0v) is 54.4. The Hall–Kier alpha value is -0.730. The van der Waals surface area contributed by atoms with Crippen LogP contribution in [-0.2, 0) is 4.79 Å². The van der Waals surface area contributed by atoms with Crippen LogP contribution in [0.25, 0.3) is 0 Å². The van der Waals surface area contributed by atoms with E-state index in [1.807, 2.05) is 6.92 Å². The fourth-order valence-electron chi connectivity index (χ4n) is 12.4. The lowest BCUT2D eigenvalue weighted by molar-refractivity contribution is -0.141. The van der Waals surface area contributed by atoms with Crippen LogP contribution in [0, 0.1) is 5.92 Å². The van der Waals surface area contributed by atoms with Crippen LogP contribution < -0.4 is 0 Å². The van der Waals surface area contributed by atoms with Gasteiger partial charge < -0.3 is 19.8 Å². The average Bonchev–Trinajstić information content (AvgIpc) is 3.45. The molecule has 1 unspecified atom stereocenters. The molecule has 0 bridgehead atoms. The van der Waals surface area contributed by atoms with E-state index in [9.17, 15) is 9.90 Å². The number of hydrogen-bond donors (Lipinski definition) is 1. The Morgan fingerprint density at radius 2 is 0.487 bits per heavy atom. The van der Waals surface area contributed by atoms with E-state index >= 15 is 0 Å². The van der Waals surface area contributed by atoms with Gasteiger partial charge in [0.2, 0.25) is 0 Å². The minimum Gasteiger partial charge on any atom is -0.481 e. The lowest BCUT2D eigenvalue weighted by Gasteiger charge is -2.37. The highest BCUT2D eigenvalue weighted by molar-refractivity contribution is 5.69. The van der Waals surface area contributed by atoms with Crippen molar-refractivity contribution in [3.05, 3.63) is 0 Å². The van der Waals surface area contributed by atoms with Gasteiger partial charge in [-0.25, -0.2) is 0 Å². The molecular formula is C71H145N5O2. The predicted molar refractivity (Wildman–Crippen MR) is 348 cm³/mol. The van der Waals surface area contributed by atoms with Gasteiger partial charge in [-0.1, -0.05) is 311 Å². The van der Waals surface area contributed by atoms with Crippen LogP contribution in [0.2, 0.25) is 0 Å². The van der Waals surface area contributed by atoms with E-state index in [-0.39, 0.29) is 5.92 Å². The number of unbranched alkanes of at least 4 members (excludes halogenated alkanes) is 43. The second-order valence-corrected chi connectivity index (χ2v) is 25.8. The molecule has 0 aromatic heterocycles. The molecule has 1 rings (SSSR count). The van der Waals surface area contributed by atoms with Gasteiger partial charge >= 0.3 is 5.97 Å². The summed E-state index contributed by atoms with van der Waals surface area (Å²) in [5.74, 6) is -0.833. The van der Waals surface area contributed by atoms with Crippen molar-refractivity contribution in [3.63, 3.8) is 0 Å². The maximum Gasteiger partial charge on any atom is 0.306 e. The normalized spacial score (nSPS) is 14.1. The quantitative estimate of drug-likeness (QED) is 0.0609. The lowest BCUT2D eigenvalue weighted by Crippen LogP contribution is -2.50. The van der Waals surface area contributed by atoms with E-state index in [1.165, 1.54) is 400 Å². The van der Waals surface area contributed by atoms with Crippen LogP contribution >= 0.6 is 0 Å². The monoisotopic (exact) mass is 1100 g/mol. The van der Waals surface area contributed by atoms with E-state index in [0.29, 0.717) is 0 Å². The van der Waals surface area contributed by atoms with Crippen molar-refractivity contribution in [1.29, 1.82) is 0 Å². The zero-order valence-electron chi connectivity index (χ0n) is 54.4. The van der Waals surface area contributed by atoms with E-state index in [0.717, 1.165) is 12.8 Å². The number of piperazine rings is 1. The zero-order chi connectivity index (χ0) is 56.3. The van der Waals surface area contributed by atoms with E-state index < -0.39 is 5.97 Å². The molecule has 0 aromatic carbocycles. The first-order valence-corrected chi connectivity index (χ1v) is 36.3. The van der Waals surface area contributed by atoms with E-state index in [1.54, 1.807) is 0 Å². The Balaban J connectivity index is 2.73. The molecule has 1 aliphatic rings. The van der Waals surface area contributed by atoms with Gasteiger partial charge in [-0.15, -0.1) is 0 Å². The Morgan fingerprint density at radius 1 is 0.295 bits per heavy atom. The second-order valence-electron chi connectivity index (χ2n) is 25.8. The number of rotatable bonds is 65. The van der Waals surface area contributed by atoms with Crippen LogP contribution in [0.5, 0.6) is 0 Å². The lowest BCUT2D eigenvalue weighted by atomic mass is 10.0. The minimum atomic E-state index is -0.641. The highest BCUT2D eigenvalue weighted by Gasteiger charge is 2.19. The van der Waals surface area contributed by atoms with Crippen LogP contribution in [0.3, 0.4) is 0 Å². The number of nitrogens with zero attached hydrogens (tertiary/aromatic N) is 5. The summed E-state index contributed by atoms with van der Waals surface area (Å²) in [6.45, 7) is 30.1. The fourth-order valence-corrected chi connectivity index (χ4v) is 12.4. The first-order chi connectivity index (χ1) is 38.4. The van der Waals surface area contributed by atoms with Gasteiger partial charge in [0.1, 0.15) is 0 Å². The molecule has 1 aliphatic heterocycles. The molecule has 0 radical (unpaired) electrons. The number of aliphatic carboxylic acids is 1. The summed E-state index contributed by atoms with van der Waals surface area (Å²) in [5.41, 5.74) is 0. The smallest absolute Gasteiger partial charge is 0.306 e. The van der Waals surface area contributed by atoms with Crippen molar-refractivity contribution in [2.24, 2.45) is 5.92 Å². The third-order valence-corrected chi connectivity index (χ3v) is 18.3. The highest BCUT2D eigenvalue weighted by Crippen LogP contribution is 2.18. The minimum absolute atomic E-state index is 0.192. The maximum absolute atomic E-state index is 11.1. The molecule has 0 saturated carbocycles. The Labute approximate surface area is 491 Å². The molecule has 0 spiro atoms. The molecule has 1 saturated heterocycles. The van der Waals surface area contributed by atoms with Crippen molar-refractivity contribution < 1.29 is 9.90 Å². The van der Waals surface area contributed by atoms with Crippen LogP contribution in [-0.4, -0.2) is 134 Å². The third kappa shape index (κ3) is 52.1. The molecule has 7 heteroatoms. The summed E-state index contributed by atoms with van der Waals surface area (Å²) < 4.78 is 0. The van der Waals surface area contributed by atoms with Gasteiger partial charge in [-0.05, 0) is 71.2 Å². The molecule has 1 heterocycles. The number of carboxylic acids is 1. The third-order valence-electron chi connectivity index (χ3n) is 18.3. The summed E-state index contributed by atoms with van der Waals surface area (Å²) >= 11 is 0. The summed E-state index contributed by atoms with van der Waals surface area (Å²) in [4.78, 5) is 25.5. The van der Waals surface area contributed by atoms with Crippen LogP contribution in [0.4, 0.5) is 0 Å². The molecule has 7 nitrogen and oxygen atoms in total. The molecule has 1 atom stereocenters. The van der Waals surface area contributed by atoms with Crippen molar-refractivity contribution >= 4 is 5.97 Å². The maximum atomic E-state index is 11.1. The molecular weight excluding hydrogens is 955 g/mol. The largest absolute Gasteiger partial charge is 0.481 e. The Morgan fingerprint density at radius 3 is 0.718 bits per heavy atom. The van der Waals surface area contributed by atoms with E-state index in [2.05, 4.69) is 52.2 Å². The summed E-state index contributed by atoms with van der Waals surface area (Å²) in [6, 6.07) is 0.